The summed E-state index contributed by atoms with van der Waals surface area (Å²) in [4.78, 5) is 12.5. The molecule has 0 aliphatic carbocycles. The second kappa shape index (κ2) is 4.90. The van der Waals surface area contributed by atoms with Crippen LogP contribution in [-0.4, -0.2) is 37.4 Å². The molecule has 1 amide bonds. The van der Waals surface area contributed by atoms with E-state index in [0.29, 0.717) is 47.8 Å². The third kappa shape index (κ3) is 2.18. The molecule has 0 saturated carbocycles. The van der Waals surface area contributed by atoms with Crippen LogP contribution < -0.4 is 0 Å². The van der Waals surface area contributed by atoms with E-state index in [-0.39, 0.29) is 5.91 Å². The SMILES string of the molecule is N#CCCCCN1C(=O)C2=C(CSC2)S1(O)O. The molecule has 0 aromatic carbocycles. The number of nitrogens with zero attached hydrogens (tertiary/aromatic N) is 2. The molecule has 2 rings (SSSR count). The first-order valence-electron chi connectivity index (χ1n) is 5.36. The summed E-state index contributed by atoms with van der Waals surface area (Å²) in [5.74, 6) is 0.888. The van der Waals surface area contributed by atoms with E-state index in [9.17, 15) is 13.9 Å². The van der Waals surface area contributed by atoms with Gasteiger partial charge in [0.05, 0.1) is 16.5 Å². The zero-order chi connectivity index (χ0) is 12.5. The van der Waals surface area contributed by atoms with Gasteiger partial charge in [-0.25, -0.2) is 4.31 Å². The summed E-state index contributed by atoms with van der Waals surface area (Å²) in [6.45, 7) is 0.320. The standard InChI is InChI=1S/C10H14N2O3S2/c11-4-2-1-3-5-12-10(13)8-6-16-7-9(8)17(12,14)15/h14-15H,1-3,5-7H2. The first kappa shape index (κ1) is 12.8. The van der Waals surface area contributed by atoms with Crippen LogP contribution in [0.4, 0.5) is 0 Å². The van der Waals surface area contributed by atoms with Crippen LogP contribution in [-0.2, 0) is 4.79 Å². The van der Waals surface area contributed by atoms with Gasteiger partial charge in [-0.05, 0) is 12.8 Å². The number of thioether (sulfide) groups is 1. The first-order chi connectivity index (χ1) is 8.09. The number of carbonyl (C=O) groups excluding carboxylic acids is 1. The highest BCUT2D eigenvalue weighted by molar-refractivity contribution is 8.27. The highest BCUT2D eigenvalue weighted by atomic mass is 32.3. The van der Waals surface area contributed by atoms with Crippen LogP contribution in [0.2, 0.25) is 0 Å². The van der Waals surface area contributed by atoms with Gasteiger partial charge in [-0.2, -0.15) is 17.0 Å². The lowest BCUT2D eigenvalue weighted by molar-refractivity contribution is -0.122. The van der Waals surface area contributed by atoms with E-state index in [4.69, 9.17) is 5.26 Å². The molecule has 0 aromatic heterocycles. The number of carbonyl (C=O) groups is 1. The zero-order valence-electron chi connectivity index (χ0n) is 9.26. The number of unbranched alkanes of at least 4 members (excludes halogenated alkanes) is 2. The molecule has 2 aliphatic rings. The van der Waals surface area contributed by atoms with E-state index in [1.165, 1.54) is 4.31 Å². The molecule has 2 aliphatic heterocycles. The molecule has 0 saturated heterocycles. The van der Waals surface area contributed by atoms with E-state index < -0.39 is 10.8 Å². The molecular formula is C10H14N2O3S2. The first-order valence-corrected chi connectivity index (χ1v) is 8.02. The fourth-order valence-electron chi connectivity index (χ4n) is 1.93. The van der Waals surface area contributed by atoms with E-state index >= 15 is 0 Å². The van der Waals surface area contributed by atoms with Crippen molar-refractivity contribution in [3.63, 3.8) is 0 Å². The molecule has 2 heterocycles. The predicted octanol–water partition coefficient (Wildman–Crippen LogP) is 2.19. The molecule has 0 aromatic rings. The van der Waals surface area contributed by atoms with Gasteiger partial charge in [0.15, 0.2) is 0 Å². The highest BCUT2D eigenvalue weighted by Crippen LogP contribution is 2.61. The maximum Gasteiger partial charge on any atom is 0.270 e. The van der Waals surface area contributed by atoms with Gasteiger partial charge < -0.3 is 0 Å². The molecule has 0 radical (unpaired) electrons. The van der Waals surface area contributed by atoms with Crippen molar-refractivity contribution in [1.82, 2.24) is 4.31 Å². The summed E-state index contributed by atoms with van der Waals surface area (Å²) in [6, 6.07) is 2.03. The average Bonchev–Trinajstić information content (AvgIpc) is 2.82. The lowest BCUT2D eigenvalue weighted by Crippen LogP contribution is -2.31. The van der Waals surface area contributed by atoms with E-state index in [1.54, 1.807) is 11.8 Å². The van der Waals surface area contributed by atoms with Gasteiger partial charge in [-0.3, -0.25) is 13.9 Å². The van der Waals surface area contributed by atoms with Crippen molar-refractivity contribution >= 4 is 28.4 Å². The predicted molar refractivity (Wildman–Crippen MR) is 68.4 cm³/mol. The average molecular weight is 274 g/mol. The highest BCUT2D eigenvalue weighted by Gasteiger charge is 2.45. The Morgan fingerprint density at radius 3 is 2.82 bits per heavy atom. The summed E-state index contributed by atoms with van der Waals surface area (Å²) in [6.07, 6.45) is 1.74. The largest absolute Gasteiger partial charge is 0.278 e. The fraction of sp³-hybridized carbons (Fsp3) is 0.600. The Morgan fingerprint density at radius 2 is 2.18 bits per heavy atom. The van der Waals surface area contributed by atoms with Crippen LogP contribution in [0.1, 0.15) is 19.3 Å². The van der Waals surface area contributed by atoms with Crippen molar-refractivity contribution in [2.45, 2.75) is 19.3 Å². The number of hydrogen-bond acceptors (Lipinski definition) is 5. The van der Waals surface area contributed by atoms with Gasteiger partial charge in [-0.15, -0.1) is 0 Å². The molecule has 0 atom stereocenters. The fourth-order valence-corrected chi connectivity index (χ4v) is 5.34. The Balaban J connectivity index is 2.01. The number of amides is 1. The molecule has 0 bridgehead atoms. The van der Waals surface area contributed by atoms with Crippen LogP contribution in [0.5, 0.6) is 0 Å². The second-order valence-electron chi connectivity index (χ2n) is 3.94. The lowest BCUT2D eigenvalue weighted by atomic mass is 10.2. The molecule has 94 valence electrons. The van der Waals surface area contributed by atoms with Crippen LogP contribution >= 0.6 is 22.5 Å². The normalized spacial score (nSPS) is 23.8. The minimum Gasteiger partial charge on any atom is -0.278 e. The lowest BCUT2D eigenvalue weighted by Gasteiger charge is -2.38. The molecule has 2 N–H and O–H groups in total. The van der Waals surface area contributed by atoms with Crippen molar-refractivity contribution in [2.24, 2.45) is 0 Å². The molecule has 0 unspecified atom stereocenters. The maximum absolute atomic E-state index is 12.0. The van der Waals surface area contributed by atoms with Gasteiger partial charge in [0.2, 0.25) is 0 Å². The number of rotatable bonds is 4. The van der Waals surface area contributed by atoms with Crippen molar-refractivity contribution in [2.75, 3.05) is 18.1 Å². The van der Waals surface area contributed by atoms with Gasteiger partial charge in [-0.1, -0.05) is 10.8 Å². The second-order valence-corrected chi connectivity index (χ2v) is 6.89. The van der Waals surface area contributed by atoms with Crippen molar-refractivity contribution < 1.29 is 13.9 Å². The van der Waals surface area contributed by atoms with Crippen molar-refractivity contribution in [1.29, 1.82) is 5.26 Å². The van der Waals surface area contributed by atoms with Crippen molar-refractivity contribution in [3.8, 4) is 6.07 Å². The molecule has 0 fully saturated rings. The van der Waals surface area contributed by atoms with E-state index in [2.05, 4.69) is 0 Å². The Labute approximate surface area is 106 Å². The summed E-state index contributed by atoms with van der Waals surface area (Å²) >= 11 is 1.54. The van der Waals surface area contributed by atoms with Crippen LogP contribution in [0, 0.1) is 11.3 Å². The summed E-state index contributed by atoms with van der Waals surface area (Å²) in [7, 11) is -3.04. The Bertz CT molecular complexity index is 414. The monoisotopic (exact) mass is 274 g/mol. The van der Waals surface area contributed by atoms with Gasteiger partial charge >= 0.3 is 0 Å². The van der Waals surface area contributed by atoms with Crippen LogP contribution in [0.15, 0.2) is 10.5 Å². The van der Waals surface area contributed by atoms with Crippen molar-refractivity contribution in [3.05, 3.63) is 10.5 Å². The molecule has 5 nitrogen and oxygen atoms in total. The third-order valence-corrected chi connectivity index (χ3v) is 6.02. The number of nitriles is 1. The summed E-state index contributed by atoms with van der Waals surface area (Å²) in [5.41, 5.74) is 0.579. The van der Waals surface area contributed by atoms with Gasteiger partial charge in [0.1, 0.15) is 0 Å². The van der Waals surface area contributed by atoms with Crippen LogP contribution in [0.25, 0.3) is 0 Å². The Morgan fingerprint density at radius 1 is 1.41 bits per heavy atom. The minimum atomic E-state index is -3.04. The summed E-state index contributed by atoms with van der Waals surface area (Å²) in [5, 5.41) is 8.41. The van der Waals surface area contributed by atoms with E-state index in [1.807, 2.05) is 6.07 Å². The maximum atomic E-state index is 12.0. The third-order valence-electron chi connectivity index (χ3n) is 2.84. The summed E-state index contributed by atoms with van der Waals surface area (Å²) < 4.78 is 21.3. The Hall–Kier alpha value is -0.680. The van der Waals surface area contributed by atoms with Gasteiger partial charge in [0.25, 0.3) is 5.91 Å². The molecule has 0 spiro atoms. The van der Waals surface area contributed by atoms with Crippen LogP contribution in [0.3, 0.4) is 0 Å². The molecule has 7 heteroatoms. The topological polar surface area (TPSA) is 84.6 Å². The quantitative estimate of drug-likeness (QED) is 0.768. The van der Waals surface area contributed by atoms with Gasteiger partial charge in [0, 0.05) is 24.5 Å². The number of hydrogen-bond donors (Lipinski definition) is 2. The zero-order valence-corrected chi connectivity index (χ0v) is 10.9. The minimum absolute atomic E-state index is 0.234. The van der Waals surface area contributed by atoms with E-state index in [0.717, 1.165) is 0 Å². The molecule has 17 heavy (non-hydrogen) atoms. The smallest absolute Gasteiger partial charge is 0.270 e. The molecular weight excluding hydrogens is 260 g/mol. The Kier molecular flexibility index (Phi) is 3.68.